The van der Waals surface area contributed by atoms with Crippen molar-refractivity contribution >= 4 is 27.5 Å². The van der Waals surface area contributed by atoms with E-state index in [9.17, 15) is 18.0 Å². The van der Waals surface area contributed by atoms with Crippen LogP contribution in [0.4, 0.5) is 5.69 Å². The standard InChI is InChI=1S/C36H41N3O6S/c1-26-15-21-33(22-16-26)46(42,43)39(29-17-19-31(20-18-29)45-30-12-8-7-9-13-30)25-34(40)38(27(2)35(41)37-36(3,4)5)24-28-11-10-14-32(23-28)44-6/h7-23,27H,24-25H2,1-6H3,(H,37,41)/t27-/m1/s1. The fourth-order valence-electron chi connectivity index (χ4n) is 4.70. The summed E-state index contributed by atoms with van der Waals surface area (Å²) in [6.07, 6.45) is 0. The molecule has 46 heavy (non-hydrogen) atoms. The van der Waals surface area contributed by atoms with E-state index in [1.807, 2.05) is 64.1 Å². The van der Waals surface area contributed by atoms with Crippen LogP contribution in [0.15, 0.2) is 108 Å². The Bertz CT molecular complexity index is 1740. The lowest BCUT2D eigenvalue weighted by atomic mass is 10.1. The minimum absolute atomic E-state index is 0.0355. The molecule has 4 aromatic rings. The number of nitrogens with zero attached hydrogens (tertiary/aromatic N) is 2. The Kier molecular flexibility index (Phi) is 10.7. The number of hydrogen-bond donors (Lipinski definition) is 1. The summed E-state index contributed by atoms with van der Waals surface area (Å²) in [4.78, 5) is 29.0. The topological polar surface area (TPSA) is 105 Å². The smallest absolute Gasteiger partial charge is 0.264 e. The normalized spacial score (nSPS) is 12.1. The van der Waals surface area contributed by atoms with E-state index < -0.39 is 34.1 Å². The molecule has 1 N–H and O–H groups in total. The molecule has 4 aromatic carbocycles. The number of benzene rings is 4. The zero-order valence-corrected chi connectivity index (χ0v) is 27.9. The van der Waals surface area contributed by atoms with Gasteiger partial charge in [0.1, 0.15) is 29.8 Å². The number of carbonyl (C=O) groups excluding carboxylic acids is 2. The van der Waals surface area contributed by atoms with E-state index in [4.69, 9.17) is 9.47 Å². The van der Waals surface area contributed by atoms with Gasteiger partial charge >= 0.3 is 0 Å². The van der Waals surface area contributed by atoms with Gasteiger partial charge in [-0.2, -0.15) is 0 Å². The summed E-state index contributed by atoms with van der Waals surface area (Å²) in [7, 11) is -2.66. The third-order valence-corrected chi connectivity index (χ3v) is 8.93. The first-order valence-electron chi connectivity index (χ1n) is 14.9. The van der Waals surface area contributed by atoms with E-state index in [1.54, 1.807) is 68.6 Å². The SMILES string of the molecule is COc1cccc(CN(C(=O)CN(c2ccc(Oc3ccccc3)cc2)S(=O)(=O)c2ccc(C)cc2)[C@H](C)C(=O)NC(C)(C)C)c1. The van der Waals surface area contributed by atoms with Crippen LogP contribution in [0.3, 0.4) is 0 Å². The third-order valence-electron chi connectivity index (χ3n) is 7.14. The Morgan fingerprint density at radius 2 is 1.43 bits per heavy atom. The molecule has 0 aliphatic carbocycles. The number of methoxy groups -OCH3 is 1. The van der Waals surface area contributed by atoms with Crippen molar-refractivity contribution in [2.45, 2.75) is 57.6 Å². The molecule has 1 atom stereocenters. The highest BCUT2D eigenvalue weighted by Crippen LogP contribution is 2.29. The maximum absolute atomic E-state index is 14.2. The monoisotopic (exact) mass is 643 g/mol. The van der Waals surface area contributed by atoms with Crippen molar-refractivity contribution in [3.05, 3.63) is 114 Å². The lowest BCUT2D eigenvalue weighted by Crippen LogP contribution is -2.54. The van der Waals surface area contributed by atoms with Crippen molar-refractivity contribution < 1.29 is 27.5 Å². The van der Waals surface area contributed by atoms with Crippen molar-refractivity contribution in [3.8, 4) is 17.2 Å². The molecular formula is C36H41N3O6S. The van der Waals surface area contributed by atoms with Crippen molar-refractivity contribution in [1.29, 1.82) is 0 Å². The van der Waals surface area contributed by atoms with Crippen molar-refractivity contribution in [1.82, 2.24) is 10.2 Å². The number of para-hydroxylation sites is 1. The first kappa shape index (κ1) is 34.1. The first-order chi connectivity index (χ1) is 21.8. The number of rotatable bonds is 12. The highest BCUT2D eigenvalue weighted by atomic mass is 32.2. The number of carbonyl (C=O) groups is 2. The number of amides is 2. The van der Waals surface area contributed by atoms with E-state index in [2.05, 4.69) is 5.32 Å². The van der Waals surface area contributed by atoms with Crippen molar-refractivity contribution in [3.63, 3.8) is 0 Å². The summed E-state index contributed by atoms with van der Waals surface area (Å²) in [6.45, 7) is 8.56. The zero-order chi connectivity index (χ0) is 33.5. The number of anilines is 1. The molecule has 0 aromatic heterocycles. The van der Waals surface area contributed by atoms with E-state index in [0.29, 0.717) is 17.2 Å². The van der Waals surface area contributed by atoms with Gasteiger partial charge in [0.05, 0.1) is 17.7 Å². The Labute approximate surface area is 271 Å². The van der Waals surface area contributed by atoms with Crippen LogP contribution < -0.4 is 19.1 Å². The fourth-order valence-corrected chi connectivity index (χ4v) is 6.11. The fraction of sp³-hybridized carbons (Fsp3) is 0.278. The van der Waals surface area contributed by atoms with Gasteiger partial charge in [-0.25, -0.2) is 8.42 Å². The molecule has 2 amide bonds. The van der Waals surface area contributed by atoms with Crippen molar-refractivity contribution in [2.24, 2.45) is 0 Å². The van der Waals surface area contributed by atoms with E-state index in [0.717, 1.165) is 15.4 Å². The maximum Gasteiger partial charge on any atom is 0.264 e. The summed E-state index contributed by atoms with van der Waals surface area (Å²) in [6, 6.07) is 28.4. The molecule has 9 nitrogen and oxygen atoms in total. The van der Waals surface area contributed by atoms with Crippen LogP contribution in [0.1, 0.15) is 38.8 Å². The molecule has 4 rings (SSSR count). The van der Waals surface area contributed by atoms with Gasteiger partial charge in [-0.3, -0.25) is 13.9 Å². The Balaban J connectivity index is 1.72. The lowest BCUT2D eigenvalue weighted by molar-refractivity contribution is -0.140. The molecular weight excluding hydrogens is 602 g/mol. The minimum Gasteiger partial charge on any atom is -0.497 e. The second kappa shape index (κ2) is 14.5. The Morgan fingerprint density at radius 1 is 0.826 bits per heavy atom. The van der Waals surface area contributed by atoms with E-state index in [1.165, 1.54) is 17.0 Å². The molecule has 242 valence electrons. The van der Waals surface area contributed by atoms with Gasteiger partial charge in [0.25, 0.3) is 10.0 Å². The van der Waals surface area contributed by atoms with Gasteiger partial charge in [-0.15, -0.1) is 0 Å². The number of hydrogen-bond acceptors (Lipinski definition) is 6. The highest BCUT2D eigenvalue weighted by Gasteiger charge is 2.33. The van der Waals surface area contributed by atoms with Crippen LogP contribution in [-0.2, 0) is 26.2 Å². The van der Waals surface area contributed by atoms with Crippen LogP contribution >= 0.6 is 0 Å². The van der Waals surface area contributed by atoms with Gasteiger partial charge < -0.3 is 19.7 Å². The van der Waals surface area contributed by atoms with Gasteiger partial charge in [0.15, 0.2) is 0 Å². The number of nitrogens with one attached hydrogen (secondary N) is 1. The molecule has 0 fully saturated rings. The molecule has 0 unspecified atom stereocenters. The summed E-state index contributed by atoms with van der Waals surface area (Å²) in [5.41, 5.74) is 1.34. The Morgan fingerprint density at radius 3 is 2.04 bits per heavy atom. The van der Waals surface area contributed by atoms with Crippen LogP contribution in [0.25, 0.3) is 0 Å². The quantitative estimate of drug-likeness (QED) is 0.194. The second-order valence-electron chi connectivity index (χ2n) is 12.0. The van der Waals surface area contributed by atoms with E-state index in [-0.39, 0.29) is 23.0 Å². The lowest BCUT2D eigenvalue weighted by Gasteiger charge is -2.33. The van der Waals surface area contributed by atoms with Crippen LogP contribution in [0, 0.1) is 6.92 Å². The number of sulfonamides is 1. The maximum atomic E-state index is 14.2. The molecule has 0 aliphatic rings. The third kappa shape index (κ3) is 8.88. The van der Waals surface area contributed by atoms with Crippen molar-refractivity contribution in [2.75, 3.05) is 18.0 Å². The molecule has 0 radical (unpaired) electrons. The second-order valence-corrected chi connectivity index (χ2v) is 13.9. The van der Waals surface area contributed by atoms with Crippen LogP contribution in [0.2, 0.25) is 0 Å². The van der Waals surface area contributed by atoms with Gasteiger partial charge in [0.2, 0.25) is 11.8 Å². The molecule has 0 saturated carbocycles. The predicted molar refractivity (Wildman–Crippen MR) is 180 cm³/mol. The van der Waals surface area contributed by atoms with Gasteiger partial charge in [0, 0.05) is 12.1 Å². The number of aryl methyl sites for hydroxylation is 1. The van der Waals surface area contributed by atoms with E-state index >= 15 is 0 Å². The van der Waals surface area contributed by atoms with Crippen LogP contribution in [0.5, 0.6) is 17.2 Å². The predicted octanol–water partition coefficient (Wildman–Crippen LogP) is 6.32. The van der Waals surface area contributed by atoms with Gasteiger partial charge in [-0.1, -0.05) is 48.0 Å². The molecule has 0 bridgehead atoms. The summed E-state index contributed by atoms with van der Waals surface area (Å²) in [5, 5.41) is 2.93. The highest BCUT2D eigenvalue weighted by molar-refractivity contribution is 7.92. The Hall–Kier alpha value is -4.83. The first-order valence-corrected chi connectivity index (χ1v) is 16.4. The molecule has 10 heteroatoms. The summed E-state index contributed by atoms with van der Waals surface area (Å²) in [5.74, 6) is 0.809. The summed E-state index contributed by atoms with van der Waals surface area (Å²) < 4.78 is 40.6. The minimum atomic E-state index is -4.21. The largest absolute Gasteiger partial charge is 0.497 e. The summed E-state index contributed by atoms with van der Waals surface area (Å²) >= 11 is 0. The average Bonchev–Trinajstić information content (AvgIpc) is 3.02. The van der Waals surface area contributed by atoms with Crippen LogP contribution in [-0.4, -0.2) is 50.4 Å². The average molecular weight is 644 g/mol. The molecule has 0 aliphatic heterocycles. The molecule has 0 heterocycles. The molecule has 0 spiro atoms. The molecule has 0 saturated heterocycles. The number of ether oxygens (including phenoxy) is 2. The zero-order valence-electron chi connectivity index (χ0n) is 27.1. The van der Waals surface area contributed by atoms with Gasteiger partial charge in [-0.05, 0) is 101 Å².